The minimum atomic E-state index is -0.162. The molecule has 2 rings (SSSR count). The van der Waals surface area contributed by atoms with E-state index < -0.39 is 0 Å². The average Bonchev–Trinajstić information content (AvgIpc) is 2.28. The highest BCUT2D eigenvalue weighted by Crippen LogP contribution is 2.13. The first-order chi connectivity index (χ1) is 7.66. The maximum Gasteiger partial charge on any atom is 0.123 e. The Morgan fingerprint density at radius 1 is 1.31 bits per heavy atom. The molecule has 0 bridgehead atoms. The quantitative estimate of drug-likeness (QED) is 0.823. The first kappa shape index (κ1) is 11.6. The molecule has 1 aromatic carbocycles. The maximum atomic E-state index is 12.8. The Hall–Kier alpha value is -0.930. The number of piperazine rings is 1. The number of hydrogen-bond donors (Lipinski definition) is 1. The lowest BCUT2D eigenvalue weighted by Crippen LogP contribution is -2.54. The molecule has 0 spiro atoms. The molecule has 3 heteroatoms. The Kier molecular flexibility index (Phi) is 3.56. The molecule has 88 valence electrons. The van der Waals surface area contributed by atoms with Gasteiger partial charge in [0.1, 0.15) is 5.82 Å². The number of halogens is 1. The van der Waals surface area contributed by atoms with Crippen LogP contribution in [0.1, 0.15) is 19.4 Å². The second-order valence-electron chi connectivity index (χ2n) is 4.58. The van der Waals surface area contributed by atoms with Crippen molar-refractivity contribution in [3.8, 4) is 0 Å². The van der Waals surface area contributed by atoms with Crippen LogP contribution >= 0.6 is 0 Å². The second-order valence-corrected chi connectivity index (χ2v) is 4.58. The SMILES string of the molecule is C[C@@H]1[C@@H](C)NCCN1Cc1ccc(F)cc1. The lowest BCUT2D eigenvalue weighted by molar-refractivity contribution is 0.131. The van der Waals surface area contributed by atoms with Crippen molar-refractivity contribution in [2.45, 2.75) is 32.5 Å². The Balaban J connectivity index is 2.00. The van der Waals surface area contributed by atoms with Crippen LogP contribution in [0, 0.1) is 5.82 Å². The third-order valence-corrected chi connectivity index (χ3v) is 3.46. The van der Waals surface area contributed by atoms with E-state index in [0.717, 1.165) is 19.6 Å². The zero-order chi connectivity index (χ0) is 11.5. The summed E-state index contributed by atoms with van der Waals surface area (Å²) in [4.78, 5) is 2.44. The van der Waals surface area contributed by atoms with Crippen molar-refractivity contribution in [3.63, 3.8) is 0 Å². The summed E-state index contributed by atoms with van der Waals surface area (Å²) in [7, 11) is 0. The molecule has 2 atom stereocenters. The van der Waals surface area contributed by atoms with Crippen molar-refractivity contribution < 1.29 is 4.39 Å². The summed E-state index contributed by atoms with van der Waals surface area (Å²) in [6.45, 7) is 7.45. The molecule has 1 saturated heterocycles. The molecule has 1 fully saturated rings. The first-order valence-electron chi connectivity index (χ1n) is 5.88. The van der Waals surface area contributed by atoms with Crippen LogP contribution in [0.3, 0.4) is 0 Å². The van der Waals surface area contributed by atoms with Crippen LogP contribution in [0.4, 0.5) is 4.39 Å². The molecule has 0 radical (unpaired) electrons. The summed E-state index contributed by atoms with van der Waals surface area (Å²) in [6.07, 6.45) is 0. The van der Waals surface area contributed by atoms with Crippen molar-refractivity contribution in [3.05, 3.63) is 35.6 Å². The Bertz CT molecular complexity index is 336. The largest absolute Gasteiger partial charge is 0.311 e. The van der Waals surface area contributed by atoms with Crippen molar-refractivity contribution >= 4 is 0 Å². The fourth-order valence-electron chi connectivity index (χ4n) is 2.17. The van der Waals surface area contributed by atoms with Crippen LogP contribution in [0.5, 0.6) is 0 Å². The van der Waals surface area contributed by atoms with Crippen molar-refractivity contribution in [1.29, 1.82) is 0 Å². The normalized spacial score (nSPS) is 26.9. The maximum absolute atomic E-state index is 12.8. The van der Waals surface area contributed by atoms with Crippen LogP contribution in [0.15, 0.2) is 24.3 Å². The fourth-order valence-corrected chi connectivity index (χ4v) is 2.17. The van der Waals surface area contributed by atoms with Gasteiger partial charge in [-0.1, -0.05) is 12.1 Å². The molecule has 1 N–H and O–H groups in total. The summed E-state index contributed by atoms with van der Waals surface area (Å²) >= 11 is 0. The van der Waals surface area contributed by atoms with E-state index in [4.69, 9.17) is 0 Å². The lowest BCUT2D eigenvalue weighted by atomic mass is 10.1. The van der Waals surface area contributed by atoms with Crippen molar-refractivity contribution in [1.82, 2.24) is 10.2 Å². The zero-order valence-corrected chi connectivity index (χ0v) is 9.91. The van der Waals surface area contributed by atoms with Gasteiger partial charge in [0.25, 0.3) is 0 Å². The van der Waals surface area contributed by atoms with Gasteiger partial charge >= 0.3 is 0 Å². The molecule has 0 aliphatic carbocycles. The van der Waals surface area contributed by atoms with E-state index in [1.165, 1.54) is 17.7 Å². The van der Waals surface area contributed by atoms with Crippen LogP contribution in [0.2, 0.25) is 0 Å². The van der Waals surface area contributed by atoms with E-state index in [9.17, 15) is 4.39 Å². The standard InChI is InChI=1S/C13H19FN2/c1-10-11(2)16(8-7-15-10)9-12-3-5-13(14)6-4-12/h3-6,10-11,15H,7-9H2,1-2H3/t10-,11-/m1/s1. The predicted molar refractivity (Wildman–Crippen MR) is 63.7 cm³/mol. The number of rotatable bonds is 2. The Morgan fingerprint density at radius 2 is 2.00 bits per heavy atom. The van der Waals surface area contributed by atoms with E-state index in [1.54, 1.807) is 0 Å². The molecule has 1 aliphatic heterocycles. The van der Waals surface area contributed by atoms with Crippen molar-refractivity contribution in [2.75, 3.05) is 13.1 Å². The van der Waals surface area contributed by atoms with E-state index in [0.29, 0.717) is 12.1 Å². The number of hydrogen-bond acceptors (Lipinski definition) is 2. The van der Waals surface area contributed by atoms with Gasteiger partial charge in [0.15, 0.2) is 0 Å². The first-order valence-corrected chi connectivity index (χ1v) is 5.88. The highest BCUT2D eigenvalue weighted by Gasteiger charge is 2.23. The zero-order valence-electron chi connectivity index (χ0n) is 9.91. The van der Waals surface area contributed by atoms with Crippen LogP contribution in [0.25, 0.3) is 0 Å². The molecule has 0 aromatic heterocycles. The van der Waals surface area contributed by atoms with Gasteiger partial charge in [-0.2, -0.15) is 0 Å². The molecule has 16 heavy (non-hydrogen) atoms. The Labute approximate surface area is 96.5 Å². The molecular formula is C13H19FN2. The molecule has 1 aliphatic rings. The summed E-state index contributed by atoms with van der Waals surface area (Å²) in [5.41, 5.74) is 1.18. The third kappa shape index (κ3) is 2.60. The van der Waals surface area contributed by atoms with Gasteiger partial charge in [-0.15, -0.1) is 0 Å². The summed E-state index contributed by atoms with van der Waals surface area (Å²) in [5, 5.41) is 3.45. The fraction of sp³-hybridized carbons (Fsp3) is 0.538. The van der Waals surface area contributed by atoms with Crippen LogP contribution in [-0.2, 0) is 6.54 Å². The number of benzene rings is 1. The second kappa shape index (κ2) is 4.93. The molecule has 2 nitrogen and oxygen atoms in total. The summed E-state index contributed by atoms with van der Waals surface area (Å²) < 4.78 is 12.8. The van der Waals surface area contributed by atoms with Gasteiger partial charge < -0.3 is 5.32 Å². The number of nitrogens with one attached hydrogen (secondary N) is 1. The van der Waals surface area contributed by atoms with Gasteiger partial charge in [0.05, 0.1) is 0 Å². The molecule has 0 unspecified atom stereocenters. The van der Waals surface area contributed by atoms with Gasteiger partial charge in [0, 0.05) is 31.7 Å². The lowest BCUT2D eigenvalue weighted by Gasteiger charge is -2.38. The van der Waals surface area contributed by atoms with Gasteiger partial charge in [-0.3, -0.25) is 4.90 Å². The van der Waals surface area contributed by atoms with Crippen LogP contribution < -0.4 is 5.32 Å². The van der Waals surface area contributed by atoms with Gasteiger partial charge in [-0.05, 0) is 31.5 Å². The molecule has 0 saturated carbocycles. The minimum Gasteiger partial charge on any atom is -0.311 e. The predicted octanol–water partition coefficient (Wildman–Crippen LogP) is 2.01. The summed E-state index contributed by atoms with van der Waals surface area (Å²) in [6, 6.07) is 7.86. The third-order valence-electron chi connectivity index (χ3n) is 3.46. The van der Waals surface area contributed by atoms with E-state index in [-0.39, 0.29) is 5.82 Å². The highest BCUT2D eigenvalue weighted by atomic mass is 19.1. The van der Waals surface area contributed by atoms with Gasteiger partial charge in [-0.25, -0.2) is 4.39 Å². The molecule has 1 heterocycles. The van der Waals surface area contributed by atoms with E-state index >= 15 is 0 Å². The van der Waals surface area contributed by atoms with Gasteiger partial charge in [0.2, 0.25) is 0 Å². The average molecular weight is 222 g/mol. The smallest absolute Gasteiger partial charge is 0.123 e. The summed E-state index contributed by atoms with van der Waals surface area (Å²) in [5.74, 6) is -0.162. The molecule has 0 amide bonds. The van der Waals surface area contributed by atoms with E-state index in [2.05, 4.69) is 24.1 Å². The molecular weight excluding hydrogens is 203 g/mol. The molecule has 1 aromatic rings. The highest BCUT2D eigenvalue weighted by molar-refractivity contribution is 5.16. The van der Waals surface area contributed by atoms with Crippen LogP contribution in [-0.4, -0.2) is 30.1 Å². The number of nitrogens with zero attached hydrogens (tertiary/aromatic N) is 1. The topological polar surface area (TPSA) is 15.3 Å². The van der Waals surface area contributed by atoms with Crippen molar-refractivity contribution in [2.24, 2.45) is 0 Å². The minimum absolute atomic E-state index is 0.162. The monoisotopic (exact) mass is 222 g/mol. The van der Waals surface area contributed by atoms with E-state index in [1.807, 2.05) is 12.1 Å². The Morgan fingerprint density at radius 3 is 2.69 bits per heavy atom.